The second kappa shape index (κ2) is 7.48. The van der Waals surface area contributed by atoms with Crippen molar-refractivity contribution in [2.24, 2.45) is 0 Å². The quantitative estimate of drug-likeness (QED) is 0.914. The van der Waals surface area contributed by atoms with Gasteiger partial charge >= 0.3 is 0 Å². The number of hydrogen-bond acceptors (Lipinski definition) is 6. The molecule has 1 N–H and O–H groups in total. The summed E-state index contributed by atoms with van der Waals surface area (Å²) in [5.41, 5.74) is 2.09. The Balaban J connectivity index is 1.70. The summed E-state index contributed by atoms with van der Waals surface area (Å²) in [5.74, 6) is 1.03. The second-order valence-electron chi connectivity index (χ2n) is 6.22. The molecule has 1 aromatic carbocycles. The lowest BCUT2D eigenvalue weighted by Crippen LogP contribution is -2.45. The Labute approximate surface area is 147 Å². The number of anilines is 2. The summed E-state index contributed by atoms with van der Waals surface area (Å²) < 4.78 is 5.29. The number of benzene rings is 1. The molecule has 3 rings (SSSR count). The van der Waals surface area contributed by atoms with Gasteiger partial charge in [-0.25, -0.2) is 9.97 Å². The van der Waals surface area contributed by atoms with Crippen molar-refractivity contribution in [3.63, 3.8) is 0 Å². The lowest BCUT2D eigenvalue weighted by Gasteiger charge is -2.32. The van der Waals surface area contributed by atoms with Crippen LogP contribution in [0, 0.1) is 6.92 Å². The summed E-state index contributed by atoms with van der Waals surface area (Å²) in [6.07, 6.45) is 3.14. The first-order valence-electron chi connectivity index (χ1n) is 8.28. The van der Waals surface area contributed by atoms with Gasteiger partial charge in [-0.05, 0) is 31.7 Å². The monoisotopic (exact) mass is 341 g/mol. The minimum absolute atomic E-state index is 0.256. The van der Waals surface area contributed by atoms with Crippen LogP contribution in [0.4, 0.5) is 11.6 Å². The minimum atomic E-state index is -0.256. The van der Waals surface area contributed by atoms with E-state index in [4.69, 9.17) is 4.74 Å². The number of carbonyl (C=O) groups excluding carboxylic acids is 1. The number of nitrogens with zero attached hydrogens (tertiary/aromatic N) is 4. The third-order valence-electron chi connectivity index (χ3n) is 4.29. The molecular formula is C18H23N5O2. The average Bonchev–Trinajstić information content (AvgIpc) is 2.63. The van der Waals surface area contributed by atoms with Crippen LogP contribution in [0.1, 0.15) is 15.9 Å². The van der Waals surface area contributed by atoms with Crippen molar-refractivity contribution in [2.75, 3.05) is 50.6 Å². The van der Waals surface area contributed by atoms with Crippen LogP contribution in [-0.2, 0) is 0 Å². The van der Waals surface area contributed by atoms with E-state index in [-0.39, 0.29) is 5.91 Å². The second-order valence-corrected chi connectivity index (χ2v) is 6.22. The van der Waals surface area contributed by atoms with Crippen molar-refractivity contribution in [3.8, 4) is 5.75 Å². The van der Waals surface area contributed by atoms with Crippen LogP contribution in [0.2, 0.25) is 0 Å². The van der Waals surface area contributed by atoms with E-state index < -0.39 is 0 Å². The smallest absolute Gasteiger partial charge is 0.258 e. The first-order valence-corrected chi connectivity index (χ1v) is 8.28. The van der Waals surface area contributed by atoms with Crippen LogP contribution >= 0.6 is 0 Å². The molecule has 2 aromatic rings. The van der Waals surface area contributed by atoms with Gasteiger partial charge in [-0.15, -0.1) is 0 Å². The largest absolute Gasteiger partial charge is 0.495 e. The topological polar surface area (TPSA) is 70.6 Å². The number of aromatic nitrogens is 2. The highest BCUT2D eigenvalue weighted by Crippen LogP contribution is 2.25. The van der Waals surface area contributed by atoms with E-state index in [1.807, 2.05) is 25.1 Å². The van der Waals surface area contributed by atoms with Crippen molar-refractivity contribution in [1.29, 1.82) is 0 Å². The fraction of sp³-hybridized carbons (Fsp3) is 0.389. The molecule has 0 radical (unpaired) electrons. The maximum atomic E-state index is 12.5. The summed E-state index contributed by atoms with van der Waals surface area (Å²) in [6, 6.07) is 5.64. The highest BCUT2D eigenvalue weighted by Gasteiger charge is 2.17. The number of nitrogens with one attached hydrogen (secondary N) is 1. The van der Waals surface area contributed by atoms with Gasteiger partial charge in [0.05, 0.1) is 18.4 Å². The first kappa shape index (κ1) is 17.2. The number of likely N-dealkylation sites (N-methyl/N-ethyl adjacent to an activating group) is 1. The van der Waals surface area contributed by atoms with Gasteiger partial charge in [-0.2, -0.15) is 0 Å². The average molecular weight is 341 g/mol. The molecule has 7 heteroatoms. The normalized spacial score (nSPS) is 15.1. The molecule has 25 heavy (non-hydrogen) atoms. The molecule has 1 saturated heterocycles. The summed E-state index contributed by atoms with van der Waals surface area (Å²) in [5, 5.41) is 2.86. The van der Waals surface area contributed by atoms with Crippen molar-refractivity contribution < 1.29 is 9.53 Å². The van der Waals surface area contributed by atoms with E-state index >= 15 is 0 Å². The van der Waals surface area contributed by atoms with Gasteiger partial charge in [0.25, 0.3) is 5.91 Å². The predicted octanol–water partition coefficient (Wildman–Crippen LogP) is 1.80. The molecule has 1 aliphatic heterocycles. The lowest BCUT2D eigenvalue weighted by molar-refractivity contribution is 0.102. The van der Waals surface area contributed by atoms with E-state index in [0.717, 1.165) is 31.7 Å². The number of rotatable bonds is 4. The van der Waals surface area contributed by atoms with Gasteiger partial charge in [0.2, 0.25) is 5.95 Å². The molecule has 2 heterocycles. The molecule has 0 unspecified atom stereocenters. The van der Waals surface area contributed by atoms with Gasteiger partial charge in [0.1, 0.15) is 5.75 Å². The Morgan fingerprint density at radius 1 is 1.16 bits per heavy atom. The van der Waals surface area contributed by atoms with Crippen molar-refractivity contribution in [1.82, 2.24) is 14.9 Å². The maximum Gasteiger partial charge on any atom is 0.258 e. The molecule has 0 saturated carbocycles. The Bertz CT molecular complexity index is 740. The van der Waals surface area contributed by atoms with Gasteiger partial charge in [0, 0.05) is 38.6 Å². The third-order valence-corrected chi connectivity index (χ3v) is 4.29. The van der Waals surface area contributed by atoms with Gasteiger partial charge < -0.3 is 19.9 Å². The van der Waals surface area contributed by atoms with E-state index in [1.165, 1.54) is 0 Å². The Kier molecular flexibility index (Phi) is 5.14. The number of piperazine rings is 1. The van der Waals surface area contributed by atoms with Crippen molar-refractivity contribution in [3.05, 3.63) is 41.7 Å². The Hall–Kier alpha value is -2.67. The van der Waals surface area contributed by atoms with Crippen LogP contribution < -0.4 is 15.0 Å². The zero-order valence-corrected chi connectivity index (χ0v) is 14.8. The van der Waals surface area contributed by atoms with Crippen LogP contribution in [0.25, 0.3) is 0 Å². The standard InChI is InChI=1S/C18H23N5O2/c1-13-4-5-16(25-3)15(10-13)21-17(24)14-11-19-18(20-12-14)23-8-6-22(2)7-9-23/h4-5,10-12H,6-9H2,1-3H3,(H,21,24). The summed E-state index contributed by atoms with van der Waals surface area (Å²) in [7, 11) is 3.68. The molecule has 0 bridgehead atoms. The molecule has 0 atom stereocenters. The molecule has 1 amide bonds. The minimum Gasteiger partial charge on any atom is -0.495 e. The molecule has 1 fully saturated rings. The predicted molar refractivity (Wildman–Crippen MR) is 97.4 cm³/mol. The number of hydrogen-bond donors (Lipinski definition) is 1. The summed E-state index contributed by atoms with van der Waals surface area (Å²) >= 11 is 0. The van der Waals surface area contributed by atoms with Crippen molar-refractivity contribution >= 4 is 17.5 Å². The first-order chi connectivity index (χ1) is 12.1. The Morgan fingerprint density at radius 2 is 1.84 bits per heavy atom. The maximum absolute atomic E-state index is 12.5. The van der Waals surface area contributed by atoms with Crippen LogP contribution in [-0.4, -0.2) is 61.1 Å². The van der Waals surface area contributed by atoms with Crippen molar-refractivity contribution in [2.45, 2.75) is 6.92 Å². The summed E-state index contributed by atoms with van der Waals surface area (Å²) in [4.78, 5) is 25.6. The number of methoxy groups -OCH3 is 1. The molecule has 0 spiro atoms. The van der Waals surface area contributed by atoms with Gasteiger partial charge in [-0.1, -0.05) is 6.07 Å². The zero-order chi connectivity index (χ0) is 17.8. The van der Waals surface area contributed by atoms with E-state index in [1.54, 1.807) is 19.5 Å². The fourth-order valence-corrected chi connectivity index (χ4v) is 2.72. The molecule has 1 aromatic heterocycles. The molecule has 1 aliphatic rings. The lowest BCUT2D eigenvalue weighted by atomic mass is 10.2. The van der Waals surface area contributed by atoms with Crippen LogP contribution in [0.15, 0.2) is 30.6 Å². The third kappa shape index (κ3) is 4.06. The van der Waals surface area contributed by atoms with Gasteiger partial charge in [-0.3, -0.25) is 4.79 Å². The molecule has 7 nitrogen and oxygen atoms in total. The van der Waals surface area contributed by atoms with E-state index in [0.29, 0.717) is 22.9 Å². The number of amides is 1. The Morgan fingerprint density at radius 3 is 2.48 bits per heavy atom. The molecule has 132 valence electrons. The van der Waals surface area contributed by atoms with Crippen LogP contribution in [0.5, 0.6) is 5.75 Å². The number of aryl methyl sites for hydroxylation is 1. The highest BCUT2D eigenvalue weighted by atomic mass is 16.5. The van der Waals surface area contributed by atoms with E-state index in [2.05, 4.69) is 32.1 Å². The van der Waals surface area contributed by atoms with E-state index in [9.17, 15) is 4.79 Å². The SMILES string of the molecule is COc1ccc(C)cc1NC(=O)c1cnc(N2CCN(C)CC2)nc1. The fourth-order valence-electron chi connectivity index (χ4n) is 2.72. The zero-order valence-electron chi connectivity index (χ0n) is 14.8. The number of ether oxygens (including phenoxy) is 1. The molecule has 0 aliphatic carbocycles. The number of carbonyl (C=O) groups is 1. The van der Waals surface area contributed by atoms with Gasteiger partial charge in [0.15, 0.2) is 0 Å². The highest BCUT2D eigenvalue weighted by molar-refractivity contribution is 6.04. The summed E-state index contributed by atoms with van der Waals surface area (Å²) in [6.45, 7) is 5.71. The van der Waals surface area contributed by atoms with Crippen LogP contribution in [0.3, 0.4) is 0 Å². The molecular weight excluding hydrogens is 318 g/mol.